The molecule has 1 heterocycles. The molecule has 12 heavy (non-hydrogen) atoms. The summed E-state index contributed by atoms with van der Waals surface area (Å²) in [6.45, 7) is 2.05. The molecular weight excluding hydrogens is 154 g/mol. The summed E-state index contributed by atoms with van der Waals surface area (Å²) in [6, 6.07) is 2.08. The average Bonchev–Trinajstić information content (AvgIpc) is 2.53. The van der Waals surface area contributed by atoms with Gasteiger partial charge in [-0.05, 0) is 7.05 Å². The van der Waals surface area contributed by atoms with Crippen molar-refractivity contribution in [2.75, 3.05) is 20.1 Å². The van der Waals surface area contributed by atoms with Gasteiger partial charge in [-0.25, -0.2) is 4.98 Å². The number of nitrogens with zero attached hydrogens (tertiary/aromatic N) is 5. The third-order valence-corrected chi connectivity index (χ3v) is 1.52. The first-order valence-corrected chi connectivity index (χ1v) is 3.71. The van der Waals surface area contributed by atoms with Crippen LogP contribution >= 0.6 is 0 Å². The molecule has 0 unspecified atom stereocenters. The van der Waals surface area contributed by atoms with Crippen LogP contribution in [-0.4, -0.2) is 39.8 Å². The topological polar surface area (TPSA) is 57.7 Å². The Hall–Kier alpha value is -1.41. The standard InChI is InChI=1S/C7H11N5/c1-11(3-2-8)4-5-12-7-9-6-10-12/h6-7H,3-5H2,1H3. The molecule has 64 valence electrons. The molecule has 1 aromatic heterocycles. The summed E-state index contributed by atoms with van der Waals surface area (Å²) in [5, 5.41) is 12.3. The molecule has 0 radical (unpaired) electrons. The smallest absolute Gasteiger partial charge is 0.137 e. The summed E-state index contributed by atoms with van der Waals surface area (Å²) in [5.41, 5.74) is 0. The highest BCUT2D eigenvalue weighted by Gasteiger charge is 1.96. The van der Waals surface area contributed by atoms with Crippen LogP contribution in [0.15, 0.2) is 12.7 Å². The van der Waals surface area contributed by atoms with Gasteiger partial charge in [0.25, 0.3) is 0 Å². The molecule has 0 N–H and O–H groups in total. The predicted molar refractivity (Wildman–Crippen MR) is 43.1 cm³/mol. The molecule has 0 atom stereocenters. The fourth-order valence-electron chi connectivity index (χ4n) is 0.821. The first-order valence-electron chi connectivity index (χ1n) is 3.71. The van der Waals surface area contributed by atoms with Crippen LogP contribution in [0.3, 0.4) is 0 Å². The Morgan fingerprint density at radius 2 is 2.50 bits per heavy atom. The molecule has 0 bridgehead atoms. The molecule has 0 fully saturated rings. The lowest BCUT2D eigenvalue weighted by molar-refractivity contribution is 0.345. The Morgan fingerprint density at radius 3 is 3.08 bits per heavy atom. The SMILES string of the molecule is CN(CC#N)CCn1cncn1. The van der Waals surface area contributed by atoms with E-state index in [1.165, 1.54) is 6.33 Å². The van der Waals surface area contributed by atoms with Gasteiger partial charge in [-0.3, -0.25) is 9.58 Å². The van der Waals surface area contributed by atoms with E-state index >= 15 is 0 Å². The van der Waals surface area contributed by atoms with Crippen LogP contribution in [0.1, 0.15) is 0 Å². The van der Waals surface area contributed by atoms with E-state index in [0.29, 0.717) is 6.54 Å². The van der Waals surface area contributed by atoms with Crippen molar-refractivity contribution in [3.63, 3.8) is 0 Å². The van der Waals surface area contributed by atoms with Crippen LogP contribution in [0.5, 0.6) is 0 Å². The Balaban J connectivity index is 2.23. The van der Waals surface area contributed by atoms with E-state index in [0.717, 1.165) is 13.1 Å². The number of hydrogen-bond acceptors (Lipinski definition) is 4. The Bertz CT molecular complexity index is 247. The molecule has 5 heteroatoms. The highest BCUT2D eigenvalue weighted by Crippen LogP contribution is 1.84. The molecule has 0 amide bonds. The summed E-state index contributed by atoms with van der Waals surface area (Å²) in [7, 11) is 1.90. The van der Waals surface area contributed by atoms with Crippen molar-refractivity contribution >= 4 is 0 Å². The second-order valence-corrected chi connectivity index (χ2v) is 2.55. The third kappa shape index (κ3) is 2.68. The minimum Gasteiger partial charge on any atom is -0.292 e. The number of hydrogen-bond donors (Lipinski definition) is 0. The van der Waals surface area contributed by atoms with Crippen molar-refractivity contribution in [1.29, 1.82) is 5.26 Å². The van der Waals surface area contributed by atoms with Gasteiger partial charge in [-0.15, -0.1) is 0 Å². The first-order chi connectivity index (χ1) is 5.83. The van der Waals surface area contributed by atoms with Crippen LogP contribution in [0.4, 0.5) is 0 Å². The Kier molecular flexibility index (Phi) is 3.23. The van der Waals surface area contributed by atoms with Gasteiger partial charge in [0.05, 0.1) is 19.2 Å². The maximum Gasteiger partial charge on any atom is 0.137 e. The fourth-order valence-corrected chi connectivity index (χ4v) is 0.821. The summed E-state index contributed by atoms with van der Waals surface area (Å²) >= 11 is 0. The van der Waals surface area contributed by atoms with E-state index in [1.807, 2.05) is 11.9 Å². The van der Waals surface area contributed by atoms with Crippen LogP contribution in [-0.2, 0) is 6.54 Å². The molecule has 5 nitrogen and oxygen atoms in total. The van der Waals surface area contributed by atoms with E-state index in [1.54, 1.807) is 11.0 Å². The number of nitriles is 1. The zero-order valence-corrected chi connectivity index (χ0v) is 7.01. The molecule has 0 saturated heterocycles. The monoisotopic (exact) mass is 165 g/mol. The van der Waals surface area contributed by atoms with E-state index in [2.05, 4.69) is 16.2 Å². The first kappa shape index (κ1) is 8.68. The predicted octanol–water partition coefficient (Wildman–Crippen LogP) is -0.267. The van der Waals surface area contributed by atoms with Gasteiger partial charge >= 0.3 is 0 Å². The number of likely N-dealkylation sites (N-methyl/N-ethyl adjacent to an activating group) is 1. The lowest BCUT2D eigenvalue weighted by Gasteiger charge is -2.10. The lowest BCUT2D eigenvalue weighted by Crippen LogP contribution is -2.23. The highest BCUT2D eigenvalue weighted by molar-refractivity contribution is 4.74. The molecule has 0 aliphatic heterocycles. The summed E-state index contributed by atoms with van der Waals surface area (Å²) < 4.78 is 1.74. The zero-order valence-electron chi connectivity index (χ0n) is 7.01. The molecule has 0 aromatic carbocycles. The van der Waals surface area contributed by atoms with Crippen molar-refractivity contribution in [2.24, 2.45) is 0 Å². The van der Waals surface area contributed by atoms with E-state index in [-0.39, 0.29) is 0 Å². The maximum absolute atomic E-state index is 8.37. The molecule has 1 rings (SSSR count). The van der Waals surface area contributed by atoms with Gasteiger partial charge in [-0.2, -0.15) is 10.4 Å². The van der Waals surface area contributed by atoms with Crippen molar-refractivity contribution in [1.82, 2.24) is 19.7 Å². The Labute approximate surface area is 71.2 Å². The largest absolute Gasteiger partial charge is 0.292 e. The van der Waals surface area contributed by atoms with Gasteiger partial charge in [0.2, 0.25) is 0 Å². The molecule has 0 saturated carbocycles. The third-order valence-electron chi connectivity index (χ3n) is 1.52. The molecule has 0 spiro atoms. The normalized spacial score (nSPS) is 10.1. The molecule has 1 aromatic rings. The van der Waals surface area contributed by atoms with Crippen LogP contribution in [0.2, 0.25) is 0 Å². The second kappa shape index (κ2) is 4.46. The van der Waals surface area contributed by atoms with Gasteiger partial charge in [-0.1, -0.05) is 0 Å². The van der Waals surface area contributed by atoms with E-state index in [4.69, 9.17) is 5.26 Å². The van der Waals surface area contributed by atoms with Gasteiger partial charge in [0.15, 0.2) is 0 Å². The van der Waals surface area contributed by atoms with Crippen molar-refractivity contribution in [2.45, 2.75) is 6.54 Å². The van der Waals surface area contributed by atoms with E-state index < -0.39 is 0 Å². The average molecular weight is 165 g/mol. The zero-order chi connectivity index (χ0) is 8.81. The van der Waals surface area contributed by atoms with Gasteiger partial charge in [0.1, 0.15) is 12.7 Å². The lowest BCUT2D eigenvalue weighted by atomic mass is 10.5. The summed E-state index contributed by atoms with van der Waals surface area (Å²) in [5.74, 6) is 0. The second-order valence-electron chi connectivity index (χ2n) is 2.55. The molecular formula is C7H11N5. The quantitative estimate of drug-likeness (QED) is 0.576. The summed E-state index contributed by atoms with van der Waals surface area (Å²) in [6.07, 6.45) is 3.17. The fraction of sp³-hybridized carbons (Fsp3) is 0.571. The number of rotatable bonds is 4. The van der Waals surface area contributed by atoms with Crippen molar-refractivity contribution < 1.29 is 0 Å². The van der Waals surface area contributed by atoms with Gasteiger partial charge < -0.3 is 0 Å². The maximum atomic E-state index is 8.37. The Morgan fingerprint density at radius 1 is 1.67 bits per heavy atom. The van der Waals surface area contributed by atoms with Crippen LogP contribution in [0.25, 0.3) is 0 Å². The summed E-state index contributed by atoms with van der Waals surface area (Å²) in [4.78, 5) is 5.75. The molecule has 0 aliphatic carbocycles. The van der Waals surface area contributed by atoms with Crippen molar-refractivity contribution in [3.8, 4) is 6.07 Å². The van der Waals surface area contributed by atoms with Crippen molar-refractivity contribution in [3.05, 3.63) is 12.7 Å². The van der Waals surface area contributed by atoms with Gasteiger partial charge in [0, 0.05) is 6.54 Å². The van der Waals surface area contributed by atoms with Crippen LogP contribution in [0, 0.1) is 11.3 Å². The van der Waals surface area contributed by atoms with Crippen LogP contribution < -0.4 is 0 Å². The minimum absolute atomic E-state index is 0.453. The highest BCUT2D eigenvalue weighted by atomic mass is 15.3. The minimum atomic E-state index is 0.453. The number of aromatic nitrogens is 3. The van der Waals surface area contributed by atoms with E-state index in [9.17, 15) is 0 Å². The molecule has 0 aliphatic rings.